The standard InChI is InChI=1S/C15H20BrFN2O2/c1-18-6-4-12(5-7-18)19(8-9-20)15(21)13-10-11(17)2-3-14(13)16/h2-3,10,12,20H,4-9H2,1H3. The van der Waals surface area contributed by atoms with Crippen LogP contribution in [-0.4, -0.2) is 60.1 Å². The highest BCUT2D eigenvalue weighted by Crippen LogP contribution is 2.23. The summed E-state index contributed by atoms with van der Waals surface area (Å²) in [5.41, 5.74) is 0.308. The molecule has 0 radical (unpaired) electrons. The Labute approximate surface area is 132 Å². The summed E-state index contributed by atoms with van der Waals surface area (Å²) >= 11 is 3.30. The smallest absolute Gasteiger partial charge is 0.255 e. The minimum atomic E-state index is -0.436. The maximum Gasteiger partial charge on any atom is 0.255 e. The number of nitrogens with zero attached hydrogens (tertiary/aromatic N) is 2. The van der Waals surface area contributed by atoms with Gasteiger partial charge in [0, 0.05) is 17.1 Å². The quantitative estimate of drug-likeness (QED) is 0.896. The average Bonchev–Trinajstić information content (AvgIpc) is 2.48. The van der Waals surface area contributed by atoms with Crippen LogP contribution in [0.4, 0.5) is 4.39 Å². The molecule has 1 saturated heterocycles. The van der Waals surface area contributed by atoms with Crippen molar-refractivity contribution in [2.75, 3.05) is 33.3 Å². The van der Waals surface area contributed by atoms with Crippen LogP contribution >= 0.6 is 15.9 Å². The number of rotatable bonds is 4. The van der Waals surface area contributed by atoms with E-state index in [1.807, 2.05) is 0 Å². The first-order valence-corrected chi connectivity index (χ1v) is 7.87. The minimum absolute atomic E-state index is 0.0922. The second-order valence-corrected chi connectivity index (χ2v) is 6.24. The Balaban J connectivity index is 2.20. The molecule has 1 heterocycles. The zero-order chi connectivity index (χ0) is 15.4. The summed E-state index contributed by atoms with van der Waals surface area (Å²) in [6.07, 6.45) is 1.74. The molecule has 1 aliphatic heterocycles. The number of likely N-dealkylation sites (tertiary alicyclic amines) is 1. The molecule has 4 nitrogen and oxygen atoms in total. The molecule has 1 fully saturated rings. The van der Waals surface area contributed by atoms with Gasteiger partial charge >= 0.3 is 0 Å². The van der Waals surface area contributed by atoms with Gasteiger partial charge in [-0.05, 0) is 67.1 Å². The molecule has 0 unspecified atom stereocenters. The van der Waals surface area contributed by atoms with Crippen molar-refractivity contribution in [3.8, 4) is 0 Å². The number of amides is 1. The van der Waals surface area contributed by atoms with Crippen molar-refractivity contribution in [1.29, 1.82) is 0 Å². The van der Waals surface area contributed by atoms with E-state index in [0.29, 0.717) is 10.0 Å². The van der Waals surface area contributed by atoms with Crippen molar-refractivity contribution >= 4 is 21.8 Å². The van der Waals surface area contributed by atoms with Gasteiger partial charge in [0.1, 0.15) is 5.82 Å². The molecule has 0 atom stereocenters. The van der Waals surface area contributed by atoms with E-state index in [1.165, 1.54) is 18.2 Å². The number of aliphatic hydroxyl groups is 1. The van der Waals surface area contributed by atoms with Gasteiger partial charge in [0.25, 0.3) is 5.91 Å². The largest absolute Gasteiger partial charge is 0.395 e. The lowest BCUT2D eigenvalue weighted by Gasteiger charge is -2.37. The Morgan fingerprint density at radius 3 is 2.76 bits per heavy atom. The Hall–Kier alpha value is -0.980. The average molecular weight is 359 g/mol. The number of hydrogen-bond acceptors (Lipinski definition) is 3. The first-order chi connectivity index (χ1) is 10.0. The van der Waals surface area contributed by atoms with Crippen molar-refractivity contribution in [2.24, 2.45) is 0 Å². The van der Waals surface area contributed by atoms with Gasteiger partial charge in [-0.25, -0.2) is 4.39 Å². The zero-order valence-electron chi connectivity index (χ0n) is 12.1. The second kappa shape index (κ2) is 7.33. The number of aliphatic hydroxyl groups excluding tert-OH is 1. The van der Waals surface area contributed by atoms with E-state index >= 15 is 0 Å². The summed E-state index contributed by atoms with van der Waals surface area (Å²) in [7, 11) is 2.05. The molecule has 1 N–H and O–H groups in total. The maximum absolute atomic E-state index is 13.4. The molecule has 6 heteroatoms. The number of halogens is 2. The Morgan fingerprint density at radius 2 is 2.14 bits per heavy atom. The molecule has 1 aromatic rings. The van der Waals surface area contributed by atoms with Gasteiger partial charge in [-0.3, -0.25) is 4.79 Å². The van der Waals surface area contributed by atoms with Crippen LogP contribution in [0.1, 0.15) is 23.2 Å². The minimum Gasteiger partial charge on any atom is -0.395 e. The first-order valence-electron chi connectivity index (χ1n) is 7.08. The van der Waals surface area contributed by atoms with E-state index in [-0.39, 0.29) is 25.1 Å². The molecule has 1 aliphatic rings. The number of carbonyl (C=O) groups excluding carboxylic acids is 1. The summed E-state index contributed by atoms with van der Waals surface area (Å²) in [5, 5.41) is 9.25. The highest BCUT2D eigenvalue weighted by atomic mass is 79.9. The van der Waals surface area contributed by atoms with E-state index < -0.39 is 5.82 Å². The van der Waals surface area contributed by atoms with Crippen LogP contribution in [-0.2, 0) is 0 Å². The van der Waals surface area contributed by atoms with Gasteiger partial charge in [-0.2, -0.15) is 0 Å². The predicted octanol–water partition coefficient (Wildman–Crippen LogP) is 2.12. The van der Waals surface area contributed by atoms with Gasteiger partial charge in [0.15, 0.2) is 0 Å². The number of hydrogen-bond donors (Lipinski definition) is 1. The molecule has 0 saturated carbocycles. The summed E-state index contributed by atoms with van der Waals surface area (Å²) in [6, 6.07) is 4.18. The lowest BCUT2D eigenvalue weighted by molar-refractivity contribution is 0.0538. The zero-order valence-corrected chi connectivity index (χ0v) is 13.6. The highest BCUT2D eigenvalue weighted by molar-refractivity contribution is 9.10. The molecule has 0 aromatic heterocycles. The van der Waals surface area contributed by atoms with Gasteiger partial charge in [-0.15, -0.1) is 0 Å². The molecular formula is C15H20BrFN2O2. The van der Waals surface area contributed by atoms with Crippen molar-refractivity contribution in [2.45, 2.75) is 18.9 Å². The molecule has 2 rings (SSSR count). The van der Waals surface area contributed by atoms with Crippen LogP contribution in [0, 0.1) is 5.82 Å². The van der Waals surface area contributed by atoms with Crippen LogP contribution in [0.2, 0.25) is 0 Å². The van der Waals surface area contributed by atoms with E-state index in [4.69, 9.17) is 0 Å². The third-order valence-electron chi connectivity index (χ3n) is 3.89. The summed E-state index contributed by atoms with van der Waals surface area (Å²) in [5.74, 6) is -0.668. The summed E-state index contributed by atoms with van der Waals surface area (Å²) < 4.78 is 14.0. The van der Waals surface area contributed by atoms with Gasteiger partial charge in [-0.1, -0.05) is 0 Å². The maximum atomic E-state index is 13.4. The summed E-state index contributed by atoms with van der Waals surface area (Å²) in [6.45, 7) is 2.02. The third kappa shape index (κ3) is 4.02. The molecule has 21 heavy (non-hydrogen) atoms. The summed E-state index contributed by atoms with van der Waals surface area (Å²) in [4.78, 5) is 16.6. The molecular weight excluding hydrogens is 339 g/mol. The predicted molar refractivity (Wildman–Crippen MR) is 82.7 cm³/mol. The first kappa shape index (κ1) is 16.4. The normalized spacial score (nSPS) is 17.0. The Morgan fingerprint density at radius 1 is 1.48 bits per heavy atom. The topological polar surface area (TPSA) is 43.8 Å². The van der Waals surface area contributed by atoms with Crippen molar-refractivity contribution < 1.29 is 14.3 Å². The fourth-order valence-electron chi connectivity index (χ4n) is 2.68. The lowest BCUT2D eigenvalue weighted by Crippen LogP contribution is -2.47. The fraction of sp³-hybridized carbons (Fsp3) is 0.533. The van der Waals surface area contributed by atoms with E-state index in [0.717, 1.165) is 25.9 Å². The molecule has 116 valence electrons. The monoisotopic (exact) mass is 358 g/mol. The third-order valence-corrected chi connectivity index (χ3v) is 4.58. The Kier molecular flexibility index (Phi) is 5.72. The molecule has 1 amide bonds. The van der Waals surface area contributed by atoms with Crippen molar-refractivity contribution in [3.05, 3.63) is 34.1 Å². The number of piperidine rings is 1. The van der Waals surface area contributed by atoms with Crippen LogP contribution in [0.25, 0.3) is 0 Å². The number of benzene rings is 1. The highest BCUT2D eigenvalue weighted by Gasteiger charge is 2.28. The van der Waals surface area contributed by atoms with Crippen LogP contribution in [0.15, 0.2) is 22.7 Å². The number of carbonyl (C=O) groups is 1. The Bertz CT molecular complexity index is 504. The van der Waals surface area contributed by atoms with Gasteiger partial charge in [0.05, 0.1) is 12.2 Å². The van der Waals surface area contributed by atoms with Gasteiger partial charge < -0.3 is 14.9 Å². The van der Waals surface area contributed by atoms with Crippen molar-refractivity contribution in [1.82, 2.24) is 9.80 Å². The van der Waals surface area contributed by atoms with E-state index in [2.05, 4.69) is 27.9 Å². The van der Waals surface area contributed by atoms with Crippen LogP contribution in [0.3, 0.4) is 0 Å². The molecule has 1 aromatic carbocycles. The lowest BCUT2D eigenvalue weighted by atomic mass is 10.0. The van der Waals surface area contributed by atoms with Crippen molar-refractivity contribution in [3.63, 3.8) is 0 Å². The fourth-order valence-corrected chi connectivity index (χ4v) is 3.10. The van der Waals surface area contributed by atoms with E-state index in [1.54, 1.807) is 4.90 Å². The SMILES string of the molecule is CN1CCC(N(CCO)C(=O)c2cc(F)ccc2Br)CC1. The van der Waals surface area contributed by atoms with E-state index in [9.17, 15) is 14.3 Å². The van der Waals surface area contributed by atoms with Gasteiger partial charge in [0.2, 0.25) is 0 Å². The molecule has 0 aliphatic carbocycles. The van der Waals surface area contributed by atoms with Crippen LogP contribution < -0.4 is 0 Å². The van der Waals surface area contributed by atoms with Crippen LogP contribution in [0.5, 0.6) is 0 Å². The molecule has 0 bridgehead atoms. The molecule has 0 spiro atoms. The second-order valence-electron chi connectivity index (χ2n) is 5.38.